The Kier molecular flexibility index (Phi) is 6.25. The molecule has 0 unspecified atom stereocenters. The van der Waals surface area contributed by atoms with E-state index in [2.05, 4.69) is 17.4 Å². The maximum Gasteiger partial charge on any atom is 0.272 e. The van der Waals surface area contributed by atoms with Crippen molar-refractivity contribution in [1.29, 1.82) is 0 Å². The zero-order chi connectivity index (χ0) is 22.0. The van der Waals surface area contributed by atoms with Gasteiger partial charge in [0, 0.05) is 23.2 Å². The normalized spacial score (nSPS) is 11.1. The first-order chi connectivity index (χ1) is 15.0. The summed E-state index contributed by atoms with van der Waals surface area (Å²) in [6.07, 6.45) is 0. The molecule has 1 amide bonds. The van der Waals surface area contributed by atoms with Crippen LogP contribution in [-0.4, -0.2) is 21.2 Å². The van der Waals surface area contributed by atoms with Gasteiger partial charge in [0.25, 0.3) is 5.56 Å². The van der Waals surface area contributed by atoms with Crippen LogP contribution in [0.3, 0.4) is 0 Å². The molecule has 0 spiro atoms. The number of thiophene rings is 1. The summed E-state index contributed by atoms with van der Waals surface area (Å²) in [5, 5.41) is 5.49. The monoisotopic (exact) mass is 449 g/mol. The summed E-state index contributed by atoms with van der Waals surface area (Å²) in [6.45, 7) is 6.42. The second-order valence-corrected chi connectivity index (χ2v) is 9.11. The Labute approximate surface area is 189 Å². The number of rotatable bonds is 6. The average Bonchev–Trinajstić information content (AvgIpc) is 3.19. The number of aromatic nitrogens is 2. The highest BCUT2D eigenvalue weighted by Gasteiger charge is 2.17. The van der Waals surface area contributed by atoms with E-state index in [-0.39, 0.29) is 17.2 Å². The number of fused-ring (bicyclic) bond motifs is 1. The average molecular weight is 450 g/mol. The number of anilines is 1. The molecule has 0 fully saturated rings. The van der Waals surface area contributed by atoms with Gasteiger partial charge in [0.2, 0.25) is 5.91 Å². The Morgan fingerprint density at radius 1 is 1.13 bits per heavy atom. The number of hydrogen-bond donors (Lipinski definition) is 1. The topological polar surface area (TPSA) is 64.0 Å². The number of carbonyl (C=O) groups excluding carboxylic acids is 1. The summed E-state index contributed by atoms with van der Waals surface area (Å²) in [5.74, 6) is 0.0522. The van der Waals surface area contributed by atoms with E-state index in [9.17, 15) is 9.59 Å². The lowest BCUT2D eigenvalue weighted by molar-refractivity contribution is -0.113. The van der Waals surface area contributed by atoms with Crippen LogP contribution in [-0.2, 0) is 11.3 Å². The maximum absolute atomic E-state index is 13.1. The second kappa shape index (κ2) is 9.08. The summed E-state index contributed by atoms with van der Waals surface area (Å²) in [6, 6.07) is 15.9. The van der Waals surface area contributed by atoms with Crippen LogP contribution in [0.4, 0.5) is 5.69 Å². The lowest BCUT2D eigenvalue weighted by Gasteiger charge is -2.11. The fourth-order valence-electron chi connectivity index (χ4n) is 3.34. The molecule has 158 valence electrons. The zero-order valence-corrected chi connectivity index (χ0v) is 19.3. The summed E-state index contributed by atoms with van der Waals surface area (Å²) in [4.78, 5) is 30.4. The van der Waals surface area contributed by atoms with Crippen LogP contribution in [0.5, 0.6) is 0 Å². The third-order valence-corrected chi connectivity index (χ3v) is 7.01. The predicted octanol–water partition coefficient (Wildman–Crippen LogP) is 5.49. The van der Waals surface area contributed by atoms with Crippen molar-refractivity contribution in [1.82, 2.24) is 9.55 Å². The molecule has 7 heteroatoms. The molecule has 4 aromatic rings. The standard InChI is InChI=1S/C24H23N3O2S2/c1-4-27-23(29)22-21(18(13-30-22)17-11-9-15(2)10-12-17)26-24(27)31-14-20(28)25-19-8-6-5-7-16(19)3/h5-13H,4,14H2,1-3H3,(H,25,28). The van der Waals surface area contributed by atoms with Crippen molar-refractivity contribution in [2.45, 2.75) is 32.5 Å². The van der Waals surface area contributed by atoms with Gasteiger partial charge in [-0.1, -0.05) is 59.8 Å². The molecular weight excluding hydrogens is 426 g/mol. The van der Waals surface area contributed by atoms with Gasteiger partial charge >= 0.3 is 0 Å². The number of nitrogens with one attached hydrogen (secondary N) is 1. The first-order valence-electron chi connectivity index (χ1n) is 10.0. The lowest BCUT2D eigenvalue weighted by Crippen LogP contribution is -2.23. The molecule has 0 saturated heterocycles. The Morgan fingerprint density at radius 2 is 1.87 bits per heavy atom. The number of hydrogen-bond acceptors (Lipinski definition) is 5. The number of thioether (sulfide) groups is 1. The molecule has 2 aromatic heterocycles. The van der Waals surface area contributed by atoms with E-state index in [1.54, 1.807) is 4.57 Å². The largest absolute Gasteiger partial charge is 0.325 e. The minimum Gasteiger partial charge on any atom is -0.325 e. The number of para-hydroxylation sites is 1. The summed E-state index contributed by atoms with van der Waals surface area (Å²) in [5.41, 5.74) is 5.61. The van der Waals surface area contributed by atoms with Crippen LogP contribution in [0.15, 0.2) is 63.9 Å². The second-order valence-electron chi connectivity index (χ2n) is 7.29. The molecule has 31 heavy (non-hydrogen) atoms. The molecule has 2 heterocycles. The fourth-order valence-corrected chi connectivity index (χ4v) is 5.15. The Bertz CT molecular complexity index is 1310. The van der Waals surface area contributed by atoms with Gasteiger partial charge in [0.15, 0.2) is 5.16 Å². The first kappa shape index (κ1) is 21.3. The summed E-state index contributed by atoms with van der Waals surface area (Å²) < 4.78 is 2.29. The highest BCUT2D eigenvalue weighted by Crippen LogP contribution is 2.32. The molecular formula is C24H23N3O2S2. The maximum atomic E-state index is 13.1. The van der Waals surface area contributed by atoms with E-state index >= 15 is 0 Å². The number of benzene rings is 2. The molecule has 0 aliphatic carbocycles. The molecule has 0 radical (unpaired) electrons. The molecule has 0 aliphatic heterocycles. The van der Waals surface area contributed by atoms with Crippen LogP contribution >= 0.6 is 23.1 Å². The highest BCUT2D eigenvalue weighted by atomic mass is 32.2. The molecule has 0 aliphatic rings. The molecule has 2 aromatic carbocycles. The van der Waals surface area contributed by atoms with Gasteiger partial charge in [-0.05, 0) is 38.0 Å². The number of aryl methyl sites for hydroxylation is 2. The molecule has 0 saturated carbocycles. The predicted molar refractivity (Wildman–Crippen MR) is 130 cm³/mol. The molecule has 5 nitrogen and oxygen atoms in total. The third-order valence-electron chi connectivity index (χ3n) is 5.07. The van der Waals surface area contributed by atoms with E-state index in [4.69, 9.17) is 4.98 Å². The molecule has 0 bridgehead atoms. The minimum atomic E-state index is -0.125. The van der Waals surface area contributed by atoms with E-state index in [0.29, 0.717) is 21.9 Å². The lowest BCUT2D eigenvalue weighted by atomic mass is 10.1. The van der Waals surface area contributed by atoms with Gasteiger partial charge in [0.1, 0.15) is 4.70 Å². The Balaban J connectivity index is 1.64. The van der Waals surface area contributed by atoms with Crippen molar-refractivity contribution in [3.05, 3.63) is 75.4 Å². The van der Waals surface area contributed by atoms with Crippen LogP contribution in [0.2, 0.25) is 0 Å². The van der Waals surface area contributed by atoms with Gasteiger partial charge in [0.05, 0.1) is 11.3 Å². The van der Waals surface area contributed by atoms with Crippen molar-refractivity contribution in [3.8, 4) is 11.1 Å². The van der Waals surface area contributed by atoms with Gasteiger partial charge in [-0.15, -0.1) is 11.3 Å². The number of amides is 1. The Hall–Kier alpha value is -2.90. The van der Waals surface area contributed by atoms with E-state index in [0.717, 1.165) is 22.4 Å². The van der Waals surface area contributed by atoms with E-state index < -0.39 is 0 Å². The highest BCUT2D eigenvalue weighted by molar-refractivity contribution is 7.99. The van der Waals surface area contributed by atoms with Crippen molar-refractivity contribution in [2.75, 3.05) is 11.1 Å². The van der Waals surface area contributed by atoms with Crippen molar-refractivity contribution >= 4 is 44.9 Å². The first-order valence-corrected chi connectivity index (χ1v) is 11.9. The quantitative estimate of drug-likeness (QED) is 0.312. The van der Waals surface area contributed by atoms with E-state index in [1.807, 2.05) is 62.5 Å². The van der Waals surface area contributed by atoms with E-state index in [1.165, 1.54) is 28.7 Å². The number of carbonyl (C=O) groups is 1. The summed E-state index contributed by atoms with van der Waals surface area (Å²) in [7, 11) is 0. The third kappa shape index (κ3) is 4.43. The van der Waals surface area contributed by atoms with Gasteiger partial charge in [-0.2, -0.15) is 0 Å². The van der Waals surface area contributed by atoms with Crippen LogP contribution in [0, 0.1) is 13.8 Å². The van der Waals surface area contributed by atoms with Gasteiger partial charge in [-0.3, -0.25) is 14.2 Å². The number of nitrogens with zero attached hydrogens (tertiary/aromatic N) is 2. The molecule has 0 atom stereocenters. The zero-order valence-electron chi connectivity index (χ0n) is 17.6. The van der Waals surface area contributed by atoms with Crippen molar-refractivity contribution in [2.24, 2.45) is 0 Å². The summed E-state index contributed by atoms with van der Waals surface area (Å²) >= 11 is 2.71. The SMILES string of the molecule is CCn1c(SCC(=O)Nc2ccccc2C)nc2c(-c3ccc(C)cc3)csc2c1=O. The van der Waals surface area contributed by atoms with Crippen molar-refractivity contribution < 1.29 is 4.79 Å². The van der Waals surface area contributed by atoms with Crippen LogP contribution < -0.4 is 10.9 Å². The molecule has 1 N–H and O–H groups in total. The van der Waals surface area contributed by atoms with Crippen molar-refractivity contribution in [3.63, 3.8) is 0 Å². The van der Waals surface area contributed by atoms with Gasteiger partial charge in [-0.25, -0.2) is 4.98 Å². The smallest absolute Gasteiger partial charge is 0.272 e. The minimum absolute atomic E-state index is 0.0577. The van der Waals surface area contributed by atoms with Crippen LogP contribution in [0.25, 0.3) is 21.3 Å². The van der Waals surface area contributed by atoms with Crippen LogP contribution in [0.1, 0.15) is 18.1 Å². The Morgan fingerprint density at radius 3 is 2.58 bits per heavy atom. The van der Waals surface area contributed by atoms with Gasteiger partial charge < -0.3 is 5.32 Å². The molecule has 4 rings (SSSR count). The fraction of sp³-hybridized carbons (Fsp3) is 0.208.